The van der Waals surface area contributed by atoms with Crippen molar-refractivity contribution in [2.75, 3.05) is 0 Å². The summed E-state index contributed by atoms with van der Waals surface area (Å²) in [5.41, 5.74) is 6.55. The summed E-state index contributed by atoms with van der Waals surface area (Å²) in [6.07, 6.45) is 0.675. The minimum absolute atomic E-state index is 0.0310. The van der Waals surface area contributed by atoms with Gasteiger partial charge in [-0.3, -0.25) is 0 Å². The molecule has 0 amide bonds. The molecule has 4 heteroatoms. The second kappa shape index (κ2) is 6.21. The lowest BCUT2D eigenvalue weighted by Crippen LogP contribution is -2.22. The molecule has 2 unspecified atom stereocenters. The van der Waals surface area contributed by atoms with Crippen molar-refractivity contribution in [3.8, 4) is 11.8 Å². The predicted octanol–water partition coefficient (Wildman–Crippen LogP) is 2.40. The lowest BCUT2D eigenvalue weighted by molar-refractivity contribution is 0.259. The summed E-state index contributed by atoms with van der Waals surface area (Å²) in [7, 11) is 0. The van der Waals surface area contributed by atoms with Gasteiger partial charge in [-0.25, -0.2) is 4.39 Å². The SMILES string of the molecule is CCC(N)Cc1cccc(F)c1OC(C)C#N. The maximum absolute atomic E-state index is 13.6. The second-order valence-corrected chi connectivity index (χ2v) is 3.99. The highest BCUT2D eigenvalue weighted by Crippen LogP contribution is 2.25. The van der Waals surface area contributed by atoms with Crippen LogP contribution in [0.15, 0.2) is 18.2 Å². The monoisotopic (exact) mass is 236 g/mol. The normalized spacial score (nSPS) is 13.8. The fraction of sp³-hybridized carbons (Fsp3) is 0.462. The van der Waals surface area contributed by atoms with Crippen LogP contribution >= 0.6 is 0 Å². The number of hydrogen-bond acceptors (Lipinski definition) is 3. The summed E-state index contributed by atoms with van der Waals surface area (Å²) in [4.78, 5) is 0. The molecule has 17 heavy (non-hydrogen) atoms. The molecule has 0 radical (unpaired) electrons. The van der Waals surface area contributed by atoms with E-state index < -0.39 is 11.9 Å². The number of nitrogens with two attached hydrogens (primary N) is 1. The Kier molecular flexibility index (Phi) is 4.92. The van der Waals surface area contributed by atoms with Crippen molar-refractivity contribution in [3.05, 3.63) is 29.6 Å². The maximum Gasteiger partial charge on any atom is 0.181 e. The Morgan fingerprint density at radius 1 is 1.53 bits per heavy atom. The van der Waals surface area contributed by atoms with Crippen LogP contribution in [0.25, 0.3) is 0 Å². The van der Waals surface area contributed by atoms with Gasteiger partial charge in [0.15, 0.2) is 17.7 Å². The fourth-order valence-electron chi connectivity index (χ4n) is 1.48. The van der Waals surface area contributed by atoms with E-state index in [1.165, 1.54) is 6.07 Å². The molecule has 0 fully saturated rings. The molecule has 1 rings (SSSR count). The molecule has 0 saturated heterocycles. The molecule has 1 aromatic carbocycles. The second-order valence-electron chi connectivity index (χ2n) is 3.99. The number of benzene rings is 1. The predicted molar refractivity (Wildman–Crippen MR) is 64.1 cm³/mol. The highest BCUT2D eigenvalue weighted by atomic mass is 19.1. The number of ether oxygens (including phenoxy) is 1. The number of nitriles is 1. The van der Waals surface area contributed by atoms with Gasteiger partial charge < -0.3 is 10.5 Å². The molecule has 2 N–H and O–H groups in total. The van der Waals surface area contributed by atoms with Crippen LogP contribution in [0.2, 0.25) is 0 Å². The molecule has 0 aliphatic heterocycles. The quantitative estimate of drug-likeness (QED) is 0.854. The van der Waals surface area contributed by atoms with Crippen LogP contribution in [0.4, 0.5) is 4.39 Å². The zero-order valence-corrected chi connectivity index (χ0v) is 10.1. The lowest BCUT2D eigenvalue weighted by Gasteiger charge is -2.15. The van der Waals surface area contributed by atoms with Gasteiger partial charge in [0.1, 0.15) is 6.07 Å². The van der Waals surface area contributed by atoms with Gasteiger partial charge in [0, 0.05) is 6.04 Å². The van der Waals surface area contributed by atoms with E-state index in [1.807, 2.05) is 13.0 Å². The van der Waals surface area contributed by atoms with Crippen molar-refractivity contribution in [2.45, 2.75) is 38.8 Å². The van der Waals surface area contributed by atoms with E-state index in [-0.39, 0.29) is 11.8 Å². The van der Waals surface area contributed by atoms with Crippen molar-refractivity contribution >= 4 is 0 Å². The molecule has 0 aromatic heterocycles. The smallest absolute Gasteiger partial charge is 0.181 e. The van der Waals surface area contributed by atoms with Crippen LogP contribution in [-0.4, -0.2) is 12.1 Å². The zero-order valence-electron chi connectivity index (χ0n) is 10.1. The Morgan fingerprint density at radius 3 is 2.82 bits per heavy atom. The summed E-state index contributed by atoms with van der Waals surface area (Å²) in [5.74, 6) is -0.307. The number of para-hydroxylation sites is 1. The van der Waals surface area contributed by atoms with E-state index in [9.17, 15) is 4.39 Å². The minimum atomic E-state index is -0.677. The average molecular weight is 236 g/mol. The summed E-state index contributed by atoms with van der Waals surface area (Å²) in [5, 5.41) is 8.68. The summed E-state index contributed by atoms with van der Waals surface area (Å²) in [6, 6.07) is 6.60. The molecular weight excluding hydrogens is 219 g/mol. The van der Waals surface area contributed by atoms with Crippen LogP contribution < -0.4 is 10.5 Å². The van der Waals surface area contributed by atoms with Gasteiger partial charge in [0.05, 0.1) is 0 Å². The van der Waals surface area contributed by atoms with E-state index in [2.05, 4.69) is 0 Å². The molecule has 92 valence electrons. The largest absolute Gasteiger partial charge is 0.473 e. The Balaban J connectivity index is 2.96. The Bertz CT molecular complexity index is 414. The molecule has 0 bridgehead atoms. The van der Waals surface area contributed by atoms with E-state index in [0.717, 1.165) is 6.42 Å². The van der Waals surface area contributed by atoms with Crippen molar-refractivity contribution in [3.63, 3.8) is 0 Å². The van der Waals surface area contributed by atoms with E-state index in [0.29, 0.717) is 12.0 Å². The number of hydrogen-bond donors (Lipinski definition) is 1. The molecular formula is C13H17FN2O. The molecule has 1 aromatic rings. The first-order valence-electron chi connectivity index (χ1n) is 5.67. The van der Waals surface area contributed by atoms with Gasteiger partial charge in [0.2, 0.25) is 0 Å². The van der Waals surface area contributed by atoms with Crippen molar-refractivity contribution < 1.29 is 9.13 Å². The number of nitrogens with zero attached hydrogens (tertiary/aromatic N) is 1. The first-order chi connectivity index (χ1) is 8.08. The molecule has 2 atom stereocenters. The molecule has 0 aliphatic carbocycles. The van der Waals surface area contributed by atoms with Gasteiger partial charge in [-0.15, -0.1) is 0 Å². The molecule has 0 spiro atoms. The Labute approximate surface area is 101 Å². The first kappa shape index (κ1) is 13.5. The Morgan fingerprint density at radius 2 is 2.24 bits per heavy atom. The van der Waals surface area contributed by atoms with Crippen LogP contribution in [0, 0.1) is 17.1 Å². The van der Waals surface area contributed by atoms with Crippen LogP contribution in [0.1, 0.15) is 25.8 Å². The topological polar surface area (TPSA) is 59.0 Å². The van der Waals surface area contributed by atoms with E-state index in [4.69, 9.17) is 15.7 Å². The van der Waals surface area contributed by atoms with Gasteiger partial charge in [0.25, 0.3) is 0 Å². The van der Waals surface area contributed by atoms with Gasteiger partial charge >= 0.3 is 0 Å². The van der Waals surface area contributed by atoms with Crippen molar-refractivity contribution in [1.82, 2.24) is 0 Å². The Hall–Kier alpha value is -1.60. The van der Waals surface area contributed by atoms with Crippen molar-refractivity contribution in [2.24, 2.45) is 5.73 Å². The van der Waals surface area contributed by atoms with Crippen molar-refractivity contribution in [1.29, 1.82) is 5.26 Å². The molecule has 3 nitrogen and oxygen atoms in total. The van der Waals surface area contributed by atoms with Crippen LogP contribution in [0.5, 0.6) is 5.75 Å². The summed E-state index contributed by atoms with van der Waals surface area (Å²) >= 11 is 0. The standard InChI is InChI=1S/C13H17FN2O/c1-3-11(16)7-10-5-4-6-12(14)13(10)17-9(2)8-15/h4-6,9,11H,3,7,16H2,1-2H3. The average Bonchev–Trinajstić information content (AvgIpc) is 2.33. The number of halogens is 1. The minimum Gasteiger partial charge on any atom is -0.473 e. The van der Waals surface area contributed by atoms with E-state index >= 15 is 0 Å². The molecule has 0 saturated carbocycles. The van der Waals surface area contributed by atoms with Gasteiger partial charge in [-0.05, 0) is 31.4 Å². The third-order valence-electron chi connectivity index (χ3n) is 2.53. The van der Waals surface area contributed by atoms with E-state index in [1.54, 1.807) is 19.1 Å². The lowest BCUT2D eigenvalue weighted by atomic mass is 10.0. The fourth-order valence-corrected chi connectivity index (χ4v) is 1.48. The molecule has 0 heterocycles. The molecule has 0 aliphatic rings. The third-order valence-corrected chi connectivity index (χ3v) is 2.53. The maximum atomic E-state index is 13.6. The van der Waals surface area contributed by atoms with Gasteiger partial charge in [-0.1, -0.05) is 19.1 Å². The van der Waals surface area contributed by atoms with Gasteiger partial charge in [-0.2, -0.15) is 5.26 Å². The van der Waals surface area contributed by atoms with Crippen LogP contribution in [-0.2, 0) is 6.42 Å². The first-order valence-corrected chi connectivity index (χ1v) is 5.67. The summed E-state index contributed by atoms with van der Waals surface area (Å²) in [6.45, 7) is 3.55. The highest BCUT2D eigenvalue weighted by Gasteiger charge is 2.14. The highest BCUT2D eigenvalue weighted by molar-refractivity contribution is 5.36. The summed E-state index contributed by atoms with van der Waals surface area (Å²) < 4.78 is 18.9. The van der Waals surface area contributed by atoms with Crippen LogP contribution in [0.3, 0.4) is 0 Å². The third kappa shape index (κ3) is 3.72. The number of rotatable bonds is 5. The zero-order chi connectivity index (χ0) is 12.8.